The molecule has 0 atom stereocenters. The summed E-state index contributed by atoms with van der Waals surface area (Å²) in [6.45, 7) is 0. The molecule has 3 nitrogen and oxygen atoms in total. The van der Waals surface area contributed by atoms with Gasteiger partial charge in [0.2, 0.25) is 0 Å². The minimum absolute atomic E-state index is 0.219. The van der Waals surface area contributed by atoms with Crippen LogP contribution in [-0.4, -0.2) is 11.0 Å². The van der Waals surface area contributed by atoms with Crippen LogP contribution in [-0.2, 0) is 6.18 Å². The van der Waals surface area contributed by atoms with E-state index in [1.807, 2.05) is 12.1 Å². The van der Waals surface area contributed by atoms with Crippen LogP contribution in [0.1, 0.15) is 15.9 Å². The van der Waals surface area contributed by atoms with E-state index in [-0.39, 0.29) is 10.8 Å². The third kappa shape index (κ3) is 4.28. The Bertz CT molecular complexity index is 1040. The van der Waals surface area contributed by atoms with Crippen LogP contribution in [0.4, 0.5) is 18.9 Å². The van der Waals surface area contributed by atoms with Crippen LogP contribution in [0.15, 0.2) is 65.1 Å². The smallest absolute Gasteiger partial charge is 0.332 e. The zero-order chi connectivity index (χ0) is 19.6. The van der Waals surface area contributed by atoms with Crippen molar-refractivity contribution < 1.29 is 18.0 Å². The fraction of sp³-hybridized carbons (Fsp3) is 0.0526. The molecule has 1 amide bonds. The molecule has 0 aliphatic heterocycles. The van der Waals surface area contributed by atoms with Crippen molar-refractivity contribution >= 4 is 55.6 Å². The number of rotatable bonds is 2. The summed E-state index contributed by atoms with van der Waals surface area (Å²) in [4.78, 5) is 12.6. The van der Waals surface area contributed by atoms with E-state index in [1.165, 1.54) is 18.2 Å². The van der Waals surface area contributed by atoms with Crippen LogP contribution in [0.2, 0.25) is 0 Å². The predicted octanol–water partition coefficient (Wildman–Crippen LogP) is 5.75. The number of nitrogens with one attached hydrogen (secondary N) is 2. The highest BCUT2D eigenvalue weighted by atomic mass is 79.9. The molecule has 0 aliphatic rings. The fourth-order valence-corrected chi connectivity index (χ4v) is 3.33. The molecule has 0 spiro atoms. The van der Waals surface area contributed by atoms with E-state index in [1.54, 1.807) is 24.3 Å². The predicted molar refractivity (Wildman–Crippen MR) is 107 cm³/mol. The normalized spacial score (nSPS) is 11.3. The number of carbonyl (C=O) groups excluding carboxylic acids is 1. The van der Waals surface area contributed by atoms with Gasteiger partial charge < -0.3 is 5.32 Å². The molecule has 0 fully saturated rings. The van der Waals surface area contributed by atoms with Gasteiger partial charge in [-0.3, -0.25) is 10.1 Å². The van der Waals surface area contributed by atoms with Crippen molar-refractivity contribution in [3.8, 4) is 0 Å². The standard InChI is InChI=1S/C19H12BrF3N2OS/c20-15-9-4-5-11-12(15)6-3-7-13(11)17(26)25-18(27)24-16-10-2-1-8-14(16)19(21,22)23/h1-10H,(H2,24,25,26,27). The maximum Gasteiger partial charge on any atom is 0.418 e. The summed E-state index contributed by atoms with van der Waals surface area (Å²) in [5, 5.41) is 6.20. The van der Waals surface area contributed by atoms with Gasteiger partial charge in [0.15, 0.2) is 5.11 Å². The highest BCUT2D eigenvalue weighted by molar-refractivity contribution is 9.10. The van der Waals surface area contributed by atoms with E-state index in [4.69, 9.17) is 12.2 Å². The van der Waals surface area contributed by atoms with Crippen molar-refractivity contribution in [3.63, 3.8) is 0 Å². The molecule has 3 rings (SSSR count). The maximum atomic E-state index is 13.1. The highest BCUT2D eigenvalue weighted by Crippen LogP contribution is 2.34. The van der Waals surface area contributed by atoms with Gasteiger partial charge in [-0.05, 0) is 47.3 Å². The van der Waals surface area contributed by atoms with Crippen LogP contribution in [0.3, 0.4) is 0 Å². The average Bonchev–Trinajstić information content (AvgIpc) is 2.61. The summed E-state index contributed by atoms with van der Waals surface area (Å²) in [7, 11) is 0. The fourth-order valence-electron chi connectivity index (χ4n) is 2.63. The summed E-state index contributed by atoms with van der Waals surface area (Å²) in [5.74, 6) is -0.513. The van der Waals surface area contributed by atoms with Gasteiger partial charge in [-0.1, -0.05) is 52.3 Å². The molecule has 0 unspecified atom stereocenters. The lowest BCUT2D eigenvalue weighted by Crippen LogP contribution is -2.34. The van der Waals surface area contributed by atoms with Crippen molar-refractivity contribution in [1.29, 1.82) is 0 Å². The Morgan fingerprint density at radius 3 is 2.33 bits per heavy atom. The first-order valence-electron chi connectivity index (χ1n) is 7.73. The number of carbonyl (C=O) groups is 1. The van der Waals surface area contributed by atoms with Gasteiger partial charge in [0, 0.05) is 10.0 Å². The van der Waals surface area contributed by atoms with E-state index in [2.05, 4.69) is 26.6 Å². The maximum absolute atomic E-state index is 13.1. The minimum Gasteiger partial charge on any atom is -0.332 e. The number of hydrogen-bond acceptors (Lipinski definition) is 2. The third-order valence-electron chi connectivity index (χ3n) is 3.82. The molecule has 0 saturated heterocycles. The number of halogens is 4. The Hall–Kier alpha value is -2.45. The van der Waals surface area contributed by atoms with Gasteiger partial charge >= 0.3 is 6.18 Å². The van der Waals surface area contributed by atoms with E-state index in [0.717, 1.165) is 15.9 Å². The second-order valence-electron chi connectivity index (χ2n) is 5.59. The van der Waals surface area contributed by atoms with E-state index in [9.17, 15) is 18.0 Å². The van der Waals surface area contributed by atoms with E-state index >= 15 is 0 Å². The van der Waals surface area contributed by atoms with Gasteiger partial charge in [0.1, 0.15) is 0 Å². The summed E-state index contributed by atoms with van der Waals surface area (Å²) in [6, 6.07) is 15.5. The van der Waals surface area contributed by atoms with Crippen molar-refractivity contribution in [2.45, 2.75) is 6.18 Å². The van der Waals surface area contributed by atoms with Crippen LogP contribution >= 0.6 is 28.1 Å². The molecular formula is C19H12BrF3N2OS. The molecule has 8 heteroatoms. The highest BCUT2D eigenvalue weighted by Gasteiger charge is 2.33. The molecule has 0 saturated carbocycles. The number of anilines is 1. The number of benzene rings is 3. The molecule has 3 aromatic carbocycles. The minimum atomic E-state index is -4.54. The molecule has 0 bridgehead atoms. The SMILES string of the molecule is O=C(NC(=S)Nc1ccccc1C(F)(F)F)c1cccc2c(Br)cccc12. The second-order valence-corrected chi connectivity index (χ2v) is 6.85. The Balaban J connectivity index is 1.82. The number of para-hydroxylation sites is 1. The Morgan fingerprint density at radius 1 is 0.926 bits per heavy atom. The number of thiocarbonyl (C=S) groups is 1. The molecule has 0 aliphatic carbocycles. The summed E-state index contributed by atoms with van der Waals surface area (Å²) in [5.41, 5.74) is -0.728. The molecular weight excluding hydrogens is 441 g/mol. The molecule has 0 radical (unpaired) electrons. The van der Waals surface area contributed by atoms with E-state index in [0.29, 0.717) is 10.9 Å². The first-order chi connectivity index (χ1) is 12.8. The van der Waals surface area contributed by atoms with Crippen LogP contribution in [0.25, 0.3) is 10.8 Å². The topological polar surface area (TPSA) is 41.1 Å². The van der Waals surface area contributed by atoms with Crippen molar-refractivity contribution in [2.24, 2.45) is 0 Å². The average molecular weight is 453 g/mol. The number of amides is 1. The van der Waals surface area contributed by atoms with E-state index < -0.39 is 17.6 Å². The third-order valence-corrected chi connectivity index (χ3v) is 4.72. The van der Waals surface area contributed by atoms with Crippen LogP contribution < -0.4 is 10.6 Å². The first-order valence-corrected chi connectivity index (χ1v) is 8.93. The van der Waals surface area contributed by atoms with Gasteiger partial charge in [-0.25, -0.2) is 0 Å². The monoisotopic (exact) mass is 452 g/mol. The molecule has 2 N–H and O–H groups in total. The van der Waals surface area contributed by atoms with Crippen LogP contribution in [0, 0.1) is 0 Å². The lowest BCUT2D eigenvalue weighted by atomic mass is 10.0. The second kappa shape index (κ2) is 7.66. The van der Waals surface area contributed by atoms with Crippen molar-refractivity contribution in [1.82, 2.24) is 5.32 Å². The Labute approximate surface area is 166 Å². The Morgan fingerprint density at radius 2 is 1.59 bits per heavy atom. The summed E-state index contributed by atoms with van der Waals surface area (Å²) in [6.07, 6.45) is -4.54. The largest absolute Gasteiger partial charge is 0.418 e. The zero-order valence-electron chi connectivity index (χ0n) is 13.6. The lowest BCUT2D eigenvalue weighted by molar-refractivity contribution is -0.136. The molecule has 0 aromatic heterocycles. The quantitative estimate of drug-likeness (QED) is 0.486. The van der Waals surface area contributed by atoms with Gasteiger partial charge in [-0.15, -0.1) is 0 Å². The number of alkyl halides is 3. The summed E-state index contributed by atoms with van der Waals surface area (Å²) < 4.78 is 40.0. The van der Waals surface area contributed by atoms with Crippen molar-refractivity contribution in [2.75, 3.05) is 5.32 Å². The molecule has 138 valence electrons. The van der Waals surface area contributed by atoms with Crippen molar-refractivity contribution in [3.05, 3.63) is 76.3 Å². The van der Waals surface area contributed by atoms with Crippen LogP contribution in [0.5, 0.6) is 0 Å². The Kier molecular flexibility index (Phi) is 5.48. The lowest BCUT2D eigenvalue weighted by Gasteiger charge is -2.15. The number of hydrogen-bond donors (Lipinski definition) is 2. The first kappa shape index (κ1) is 19.3. The molecule has 0 heterocycles. The van der Waals surface area contributed by atoms with Gasteiger partial charge in [0.05, 0.1) is 11.3 Å². The molecule has 3 aromatic rings. The molecule has 27 heavy (non-hydrogen) atoms. The van der Waals surface area contributed by atoms with Gasteiger partial charge in [-0.2, -0.15) is 13.2 Å². The van der Waals surface area contributed by atoms with Gasteiger partial charge in [0.25, 0.3) is 5.91 Å². The summed E-state index contributed by atoms with van der Waals surface area (Å²) >= 11 is 8.45. The zero-order valence-corrected chi connectivity index (χ0v) is 16.0. The number of fused-ring (bicyclic) bond motifs is 1.